The van der Waals surface area contributed by atoms with Crippen LogP contribution in [0.2, 0.25) is 0 Å². The number of aromatic nitrogens is 1. The molecule has 2 heterocycles. The van der Waals surface area contributed by atoms with Crippen molar-refractivity contribution in [2.75, 3.05) is 26.8 Å². The Kier molecular flexibility index (Phi) is 9.10. The lowest BCUT2D eigenvalue weighted by atomic mass is 10.1. The average molecular weight is 492 g/mol. The molecule has 3 aromatic rings. The van der Waals surface area contributed by atoms with Crippen molar-refractivity contribution in [2.24, 2.45) is 0 Å². The van der Waals surface area contributed by atoms with Crippen LogP contribution in [0, 0.1) is 0 Å². The summed E-state index contributed by atoms with van der Waals surface area (Å²) in [5.74, 6) is 0.988. The SMILES string of the molecule is COc1ccc(CCNC(=O)c2cc(CN(CC3CCCO3)C(=O)CCc3ccccc3)on2)cc1. The number of ether oxygens (including phenoxy) is 2. The summed E-state index contributed by atoms with van der Waals surface area (Å²) in [4.78, 5) is 27.4. The highest BCUT2D eigenvalue weighted by Gasteiger charge is 2.24. The van der Waals surface area contributed by atoms with E-state index in [1.165, 1.54) is 0 Å². The second-order valence-corrected chi connectivity index (χ2v) is 8.93. The number of carbonyl (C=O) groups excluding carboxylic acids is 2. The first-order chi connectivity index (χ1) is 17.6. The van der Waals surface area contributed by atoms with Gasteiger partial charge >= 0.3 is 0 Å². The van der Waals surface area contributed by atoms with Crippen molar-refractivity contribution in [1.29, 1.82) is 0 Å². The van der Waals surface area contributed by atoms with Gasteiger partial charge in [-0.2, -0.15) is 0 Å². The maximum Gasteiger partial charge on any atom is 0.273 e. The molecule has 4 rings (SSSR count). The second-order valence-electron chi connectivity index (χ2n) is 8.93. The van der Waals surface area contributed by atoms with E-state index >= 15 is 0 Å². The lowest BCUT2D eigenvalue weighted by Gasteiger charge is -2.24. The molecule has 1 aromatic heterocycles. The molecule has 0 saturated carbocycles. The number of carbonyl (C=O) groups is 2. The van der Waals surface area contributed by atoms with Crippen LogP contribution in [0.15, 0.2) is 65.2 Å². The van der Waals surface area contributed by atoms with E-state index in [9.17, 15) is 9.59 Å². The molecule has 2 aromatic carbocycles. The third-order valence-corrected chi connectivity index (χ3v) is 6.27. The maximum atomic E-state index is 13.1. The highest BCUT2D eigenvalue weighted by molar-refractivity contribution is 5.92. The van der Waals surface area contributed by atoms with Crippen LogP contribution in [-0.2, 0) is 28.9 Å². The summed E-state index contributed by atoms with van der Waals surface area (Å²) in [5.41, 5.74) is 2.42. The number of rotatable bonds is 12. The van der Waals surface area contributed by atoms with E-state index in [0.29, 0.717) is 38.1 Å². The van der Waals surface area contributed by atoms with Crippen LogP contribution in [0.1, 0.15) is 46.6 Å². The minimum absolute atomic E-state index is 0.0225. The van der Waals surface area contributed by atoms with Crippen molar-refractivity contribution in [3.05, 3.63) is 83.2 Å². The quantitative estimate of drug-likeness (QED) is 0.414. The monoisotopic (exact) mass is 491 g/mol. The number of hydrogen-bond donors (Lipinski definition) is 1. The third-order valence-electron chi connectivity index (χ3n) is 6.27. The molecule has 8 heteroatoms. The predicted molar refractivity (Wildman–Crippen MR) is 135 cm³/mol. The molecule has 36 heavy (non-hydrogen) atoms. The molecule has 0 aliphatic carbocycles. The van der Waals surface area contributed by atoms with E-state index in [2.05, 4.69) is 10.5 Å². The van der Waals surface area contributed by atoms with Crippen molar-refractivity contribution in [3.8, 4) is 5.75 Å². The number of benzene rings is 2. The molecule has 0 spiro atoms. The fourth-order valence-electron chi connectivity index (χ4n) is 4.23. The number of methoxy groups -OCH3 is 1. The van der Waals surface area contributed by atoms with Gasteiger partial charge < -0.3 is 24.2 Å². The zero-order valence-corrected chi connectivity index (χ0v) is 20.7. The molecule has 1 aliphatic rings. The molecule has 0 bridgehead atoms. The van der Waals surface area contributed by atoms with Crippen molar-refractivity contribution in [1.82, 2.24) is 15.4 Å². The minimum atomic E-state index is -0.306. The highest BCUT2D eigenvalue weighted by Crippen LogP contribution is 2.17. The Morgan fingerprint density at radius 1 is 1.08 bits per heavy atom. The first kappa shape index (κ1) is 25.4. The maximum absolute atomic E-state index is 13.1. The van der Waals surface area contributed by atoms with Gasteiger partial charge in [0.1, 0.15) is 5.75 Å². The molecule has 1 fully saturated rings. The molecular formula is C28H33N3O5. The van der Waals surface area contributed by atoms with Gasteiger partial charge in [-0.1, -0.05) is 47.6 Å². The summed E-state index contributed by atoms with van der Waals surface area (Å²) >= 11 is 0. The summed E-state index contributed by atoms with van der Waals surface area (Å²) in [6, 6.07) is 19.3. The zero-order chi connectivity index (χ0) is 25.2. The Balaban J connectivity index is 1.31. The number of aryl methyl sites for hydroxylation is 1. The first-order valence-corrected chi connectivity index (χ1v) is 12.4. The van der Waals surface area contributed by atoms with E-state index in [1.54, 1.807) is 18.1 Å². The fourth-order valence-corrected chi connectivity index (χ4v) is 4.23. The van der Waals surface area contributed by atoms with Gasteiger partial charge in [0.05, 0.1) is 19.8 Å². The van der Waals surface area contributed by atoms with E-state index < -0.39 is 0 Å². The number of nitrogens with one attached hydrogen (secondary N) is 1. The van der Waals surface area contributed by atoms with Gasteiger partial charge in [0, 0.05) is 32.2 Å². The van der Waals surface area contributed by atoms with Gasteiger partial charge in [0.15, 0.2) is 11.5 Å². The average Bonchev–Trinajstić information content (AvgIpc) is 3.60. The summed E-state index contributed by atoms with van der Waals surface area (Å²) < 4.78 is 16.3. The molecule has 1 N–H and O–H groups in total. The van der Waals surface area contributed by atoms with E-state index in [0.717, 1.165) is 36.3 Å². The Morgan fingerprint density at radius 2 is 1.86 bits per heavy atom. The topological polar surface area (TPSA) is 93.9 Å². The number of hydrogen-bond acceptors (Lipinski definition) is 6. The largest absolute Gasteiger partial charge is 0.497 e. The van der Waals surface area contributed by atoms with Gasteiger partial charge in [0.25, 0.3) is 5.91 Å². The molecule has 8 nitrogen and oxygen atoms in total. The second kappa shape index (κ2) is 12.9. The third kappa shape index (κ3) is 7.42. The van der Waals surface area contributed by atoms with Crippen LogP contribution in [0.4, 0.5) is 0 Å². The Bertz CT molecular complexity index is 1110. The molecule has 1 saturated heterocycles. The Hall–Kier alpha value is -3.65. The van der Waals surface area contributed by atoms with Crippen LogP contribution in [0.5, 0.6) is 5.75 Å². The van der Waals surface area contributed by atoms with E-state index in [4.69, 9.17) is 14.0 Å². The van der Waals surface area contributed by atoms with Crippen molar-refractivity contribution >= 4 is 11.8 Å². The fraction of sp³-hybridized carbons (Fsp3) is 0.393. The van der Waals surface area contributed by atoms with Crippen LogP contribution < -0.4 is 10.1 Å². The molecule has 0 radical (unpaired) electrons. The lowest BCUT2D eigenvalue weighted by Crippen LogP contribution is -2.37. The predicted octanol–water partition coefficient (Wildman–Crippen LogP) is 3.80. The molecular weight excluding hydrogens is 458 g/mol. The van der Waals surface area contributed by atoms with Crippen molar-refractivity contribution in [3.63, 3.8) is 0 Å². The Morgan fingerprint density at radius 3 is 2.58 bits per heavy atom. The summed E-state index contributed by atoms with van der Waals surface area (Å²) in [5, 5.41) is 6.80. The summed E-state index contributed by atoms with van der Waals surface area (Å²) in [6.45, 7) is 1.94. The van der Waals surface area contributed by atoms with Gasteiger partial charge in [-0.15, -0.1) is 0 Å². The number of amides is 2. The van der Waals surface area contributed by atoms with E-state index in [1.807, 2.05) is 54.6 Å². The summed E-state index contributed by atoms with van der Waals surface area (Å²) in [7, 11) is 1.63. The standard InChI is InChI=1S/C28H33N3O5/c1-34-23-12-9-22(10-13-23)15-16-29-28(33)26-18-25(36-30-26)20-31(19-24-8-5-17-35-24)27(32)14-11-21-6-3-2-4-7-21/h2-4,6-7,9-10,12-13,18,24H,5,8,11,14-17,19-20H2,1H3,(H,29,33). The first-order valence-electron chi connectivity index (χ1n) is 12.4. The number of nitrogens with zero attached hydrogens (tertiary/aromatic N) is 2. The highest BCUT2D eigenvalue weighted by atomic mass is 16.5. The van der Waals surface area contributed by atoms with Gasteiger partial charge in [-0.05, 0) is 48.9 Å². The van der Waals surface area contributed by atoms with Gasteiger partial charge in [-0.3, -0.25) is 9.59 Å². The lowest BCUT2D eigenvalue weighted by molar-refractivity contribution is -0.133. The molecule has 2 amide bonds. The van der Waals surface area contributed by atoms with Crippen LogP contribution in [0.3, 0.4) is 0 Å². The molecule has 1 atom stereocenters. The van der Waals surface area contributed by atoms with Gasteiger partial charge in [-0.25, -0.2) is 0 Å². The molecule has 1 aliphatic heterocycles. The van der Waals surface area contributed by atoms with Crippen LogP contribution in [-0.4, -0.2) is 54.8 Å². The summed E-state index contributed by atoms with van der Waals surface area (Å²) in [6.07, 6.45) is 3.70. The smallest absolute Gasteiger partial charge is 0.273 e. The normalized spacial score (nSPS) is 15.0. The minimum Gasteiger partial charge on any atom is -0.497 e. The van der Waals surface area contributed by atoms with Crippen molar-refractivity contribution in [2.45, 2.75) is 44.8 Å². The van der Waals surface area contributed by atoms with Crippen LogP contribution in [0.25, 0.3) is 0 Å². The van der Waals surface area contributed by atoms with E-state index in [-0.39, 0.29) is 30.2 Å². The van der Waals surface area contributed by atoms with Crippen molar-refractivity contribution < 1.29 is 23.6 Å². The van der Waals surface area contributed by atoms with Crippen LogP contribution >= 0.6 is 0 Å². The zero-order valence-electron chi connectivity index (χ0n) is 20.7. The molecule has 190 valence electrons. The van der Waals surface area contributed by atoms with Gasteiger partial charge in [0.2, 0.25) is 5.91 Å². The molecule has 1 unspecified atom stereocenters. The Labute approximate surface area is 211 Å².